The molecule has 6 nitrogen and oxygen atoms in total. The molecule has 1 aliphatic heterocycles. The molecule has 0 radical (unpaired) electrons. The van der Waals surface area contributed by atoms with Crippen LogP contribution in [-0.4, -0.2) is 43.5 Å². The Balaban J connectivity index is 1.89. The van der Waals surface area contributed by atoms with Crippen molar-refractivity contribution in [1.82, 2.24) is 10.2 Å². The summed E-state index contributed by atoms with van der Waals surface area (Å²) in [5.41, 5.74) is 6.10. The van der Waals surface area contributed by atoms with E-state index in [0.29, 0.717) is 12.3 Å². The maximum absolute atomic E-state index is 10.7. The van der Waals surface area contributed by atoms with Crippen LogP contribution in [0, 0.1) is 0 Å². The van der Waals surface area contributed by atoms with Crippen molar-refractivity contribution < 1.29 is 9.53 Å². The molecule has 0 saturated heterocycles. The number of hydrogen-bond donors (Lipinski definition) is 2. The van der Waals surface area contributed by atoms with Crippen molar-refractivity contribution in [2.75, 3.05) is 26.7 Å². The predicted molar refractivity (Wildman–Crippen MR) is 72.9 cm³/mol. The molecule has 3 N–H and O–H groups in total. The smallest absolute Gasteiger partial charge is 0.255 e. The fourth-order valence-electron chi connectivity index (χ4n) is 1.80. The maximum atomic E-state index is 10.7. The molecule has 6 heteroatoms. The van der Waals surface area contributed by atoms with E-state index in [1.165, 1.54) is 0 Å². The van der Waals surface area contributed by atoms with Crippen LogP contribution in [0.15, 0.2) is 29.3 Å². The van der Waals surface area contributed by atoms with E-state index in [9.17, 15) is 4.79 Å². The molecule has 1 amide bonds. The van der Waals surface area contributed by atoms with Crippen molar-refractivity contribution in [2.24, 2.45) is 10.7 Å². The summed E-state index contributed by atoms with van der Waals surface area (Å²) in [7, 11) is 2.01. The van der Waals surface area contributed by atoms with E-state index < -0.39 is 5.91 Å². The first-order chi connectivity index (χ1) is 9.15. The number of nitrogens with two attached hydrogens (primary N) is 1. The number of primary amides is 1. The Morgan fingerprint density at radius 2 is 2.42 bits per heavy atom. The number of aliphatic imine (C=N–C) groups is 1. The third kappa shape index (κ3) is 3.87. The number of guanidine groups is 1. The van der Waals surface area contributed by atoms with E-state index in [4.69, 9.17) is 10.5 Å². The normalized spacial score (nSPS) is 14.2. The van der Waals surface area contributed by atoms with Crippen LogP contribution in [0.3, 0.4) is 0 Å². The number of carbonyl (C=O) groups excluding carboxylic acids is 1. The Bertz CT molecular complexity index is 487. The quantitative estimate of drug-likeness (QED) is 0.779. The second-order valence-electron chi connectivity index (χ2n) is 4.38. The van der Waals surface area contributed by atoms with Gasteiger partial charge in [-0.1, -0.05) is 12.1 Å². The van der Waals surface area contributed by atoms with Crippen LogP contribution in [-0.2, 0) is 11.3 Å². The van der Waals surface area contributed by atoms with Gasteiger partial charge in [0.2, 0.25) is 0 Å². The first kappa shape index (κ1) is 13.2. The topological polar surface area (TPSA) is 79.9 Å². The van der Waals surface area contributed by atoms with Gasteiger partial charge in [0.1, 0.15) is 5.75 Å². The summed E-state index contributed by atoms with van der Waals surface area (Å²) in [6.07, 6.45) is 0. The highest BCUT2D eigenvalue weighted by atomic mass is 16.5. The minimum atomic E-state index is -0.481. The summed E-state index contributed by atoms with van der Waals surface area (Å²) in [5.74, 6) is 1.06. The van der Waals surface area contributed by atoms with Gasteiger partial charge in [0.25, 0.3) is 5.91 Å². The highest BCUT2D eigenvalue weighted by Crippen LogP contribution is 2.13. The largest absolute Gasteiger partial charge is 0.484 e. The first-order valence-electron chi connectivity index (χ1n) is 6.14. The molecule has 0 aliphatic carbocycles. The lowest BCUT2D eigenvalue weighted by atomic mass is 10.2. The molecule has 2 rings (SSSR count). The lowest BCUT2D eigenvalue weighted by Crippen LogP contribution is -2.35. The summed E-state index contributed by atoms with van der Waals surface area (Å²) in [4.78, 5) is 17.1. The number of carbonyl (C=O) groups is 1. The highest BCUT2D eigenvalue weighted by molar-refractivity contribution is 5.81. The summed E-state index contributed by atoms with van der Waals surface area (Å²) in [6.45, 7) is 2.34. The summed E-state index contributed by atoms with van der Waals surface area (Å²) in [5, 5.41) is 3.27. The standard InChI is InChI=1S/C13H18N4O2/c1-17-6-5-15-13(17)16-8-10-3-2-4-11(7-10)19-9-12(14)18/h2-4,7H,5-6,8-9H2,1H3,(H2,14,18)(H,15,16). The number of hydrogen-bond acceptors (Lipinski definition) is 5. The number of amides is 1. The number of rotatable bonds is 5. The molecule has 1 heterocycles. The zero-order valence-corrected chi connectivity index (χ0v) is 10.9. The van der Waals surface area contributed by atoms with Gasteiger partial charge in [-0.15, -0.1) is 0 Å². The Labute approximate surface area is 112 Å². The molecule has 1 aliphatic rings. The fourth-order valence-corrected chi connectivity index (χ4v) is 1.80. The molecule has 1 aromatic carbocycles. The lowest BCUT2D eigenvalue weighted by Gasteiger charge is -2.15. The predicted octanol–water partition coefficient (Wildman–Crippen LogP) is -0.0583. The van der Waals surface area contributed by atoms with E-state index in [1.807, 2.05) is 25.2 Å². The summed E-state index contributed by atoms with van der Waals surface area (Å²) < 4.78 is 5.26. The zero-order valence-electron chi connectivity index (χ0n) is 10.9. The molecule has 0 saturated carbocycles. The van der Waals surface area contributed by atoms with Gasteiger partial charge in [0.05, 0.1) is 6.54 Å². The monoisotopic (exact) mass is 262 g/mol. The molecule has 0 atom stereocenters. The average molecular weight is 262 g/mol. The van der Waals surface area contributed by atoms with Gasteiger partial charge in [-0.2, -0.15) is 0 Å². The van der Waals surface area contributed by atoms with Crippen molar-refractivity contribution in [3.8, 4) is 5.75 Å². The minimum Gasteiger partial charge on any atom is -0.484 e. The van der Waals surface area contributed by atoms with Crippen molar-refractivity contribution in [1.29, 1.82) is 0 Å². The molecule has 0 unspecified atom stereocenters. The van der Waals surface area contributed by atoms with E-state index >= 15 is 0 Å². The molecule has 0 bridgehead atoms. The van der Waals surface area contributed by atoms with Crippen molar-refractivity contribution in [3.63, 3.8) is 0 Å². The maximum Gasteiger partial charge on any atom is 0.255 e. The van der Waals surface area contributed by atoms with Gasteiger partial charge in [0.15, 0.2) is 12.6 Å². The van der Waals surface area contributed by atoms with Gasteiger partial charge in [-0.25, -0.2) is 0 Å². The van der Waals surface area contributed by atoms with Crippen molar-refractivity contribution in [3.05, 3.63) is 29.8 Å². The third-order valence-corrected chi connectivity index (χ3v) is 2.79. The highest BCUT2D eigenvalue weighted by Gasteiger charge is 2.11. The van der Waals surface area contributed by atoms with Crippen LogP contribution in [0.5, 0.6) is 5.75 Å². The Morgan fingerprint density at radius 3 is 3.11 bits per heavy atom. The molecule has 102 valence electrons. The molecular weight excluding hydrogens is 244 g/mol. The zero-order chi connectivity index (χ0) is 13.7. The number of likely N-dealkylation sites (N-methyl/N-ethyl adjacent to an activating group) is 1. The summed E-state index contributed by atoms with van der Waals surface area (Å²) in [6, 6.07) is 7.55. The average Bonchev–Trinajstić information content (AvgIpc) is 2.80. The van der Waals surface area contributed by atoms with E-state index in [-0.39, 0.29) is 6.61 Å². The molecule has 0 spiro atoms. The van der Waals surface area contributed by atoms with Gasteiger partial charge < -0.3 is 20.7 Å². The molecule has 19 heavy (non-hydrogen) atoms. The van der Waals surface area contributed by atoms with Crippen LogP contribution >= 0.6 is 0 Å². The molecule has 0 fully saturated rings. The fraction of sp³-hybridized carbons (Fsp3) is 0.385. The second-order valence-corrected chi connectivity index (χ2v) is 4.38. The van der Waals surface area contributed by atoms with E-state index in [2.05, 4.69) is 15.2 Å². The van der Waals surface area contributed by atoms with Crippen LogP contribution in [0.4, 0.5) is 0 Å². The Morgan fingerprint density at radius 1 is 1.58 bits per heavy atom. The molecule has 0 aromatic heterocycles. The summed E-state index contributed by atoms with van der Waals surface area (Å²) >= 11 is 0. The van der Waals surface area contributed by atoms with Crippen LogP contribution < -0.4 is 15.8 Å². The number of benzene rings is 1. The third-order valence-electron chi connectivity index (χ3n) is 2.79. The van der Waals surface area contributed by atoms with E-state index in [1.54, 1.807) is 6.07 Å². The van der Waals surface area contributed by atoms with Gasteiger partial charge >= 0.3 is 0 Å². The Hall–Kier alpha value is -2.24. The van der Waals surface area contributed by atoms with Gasteiger partial charge in [0, 0.05) is 20.1 Å². The van der Waals surface area contributed by atoms with Crippen LogP contribution in [0.1, 0.15) is 5.56 Å². The number of nitrogens with one attached hydrogen (secondary N) is 1. The number of ether oxygens (including phenoxy) is 1. The molecular formula is C13H18N4O2. The van der Waals surface area contributed by atoms with Crippen molar-refractivity contribution >= 4 is 11.9 Å². The lowest BCUT2D eigenvalue weighted by molar-refractivity contribution is -0.119. The SMILES string of the molecule is CN1CCN=C1NCc1cccc(OCC(N)=O)c1. The van der Waals surface area contributed by atoms with E-state index in [0.717, 1.165) is 24.6 Å². The van der Waals surface area contributed by atoms with Crippen molar-refractivity contribution in [2.45, 2.75) is 6.54 Å². The molecule has 1 aromatic rings. The van der Waals surface area contributed by atoms with Crippen LogP contribution in [0.2, 0.25) is 0 Å². The van der Waals surface area contributed by atoms with Gasteiger partial charge in [-0.3, -0.25) is 9.79 Å². The van der Waals surface area contributed by atoms with Gasteiger partial charge in [-0.05, 0) is 17.7 Å². The minimum absolute atomic E-state index is 0.105. The first-order valence-corrected chi connectivity index (χ1v) is 6.14. The second kappa shape index (κ2) is 6.08. The number of nitrogens with zero attached hydrogens (tertiary/aromatic N) is 2. The Kier molecular flexibility index (Phi) is 4.22. The van der Waals surface area contributed by atoms with Crippen LogP contribution in [0.25, 0.3) is 0 Å².